The molecule has 3 heterocycles. The fraction of sp³-hybridized carbons (Fsp3) is 0.818. The highest BCUT2D eigenvalue weighted by Gasteiger charge is 2.38. The lowest BCUT2D eigenvalue weighted by Gasteiger charge is -2.24. The third-order valence-electron chi connectivity index (χ3n) is 4.08. The van der Waals surface area contributed by atoms with E-state index in [2.05, 4.69) is 22.1 Å². The van der Waals surface area contributed by atoms with Crippen LogP contribution in [0.5, 0.6) is 0 Å². The number of aromatic nitrogens is 2. The van der Waals surface area contributed by atoms with Crippen molar-refractivity contribution in [1.82, 2.24) is 15.1 Å². The molecule has 0 radical (unpaired) electrons. The Morgan fingerprint density at radius 1 is 1.16 bits per heavy atom. The van der Waals surface area contributed by atoms with Crippen LogP contribution in [0.4, 0.5) is 18.3 Å². The third kappa shape index (κ3) is 2.43. The van der Waals surface area contributed by atoms with E-state index in [1.54, 1.807) is 0 Å². The van der Waals surface area contributed by atoms with Gasteiger partial charge in [-0.3, -0.25) is 4.90 Å². The summed E-state index contributed by atoms with van der Waals surface area (Å²) in [5.74, 6) is 0. The smallest absolute Gasteiger partial charge is 0.345 e. The molecule has 19 heavy (non-hydrogen) atoms. The number of likely N-dealkylation sites (N-methyl/N-ethyl adjacent to an activating group) is 1. The summed E-state index contributed by atoms with van der Waals surface area (Å²) in [4.78, 5) is 4.30. The minimum Gasteiger partial charge on any atom is -0.345 e. The van der Waals surface area contributed by atoms with Gasteiger partial charge in [-0.25, -0.2) is 0 Å². The van der Waals surface area contributed by atoms with Crippen LogP contribution in [-0.4, -0.2) is 47.3 Å². The molecule has 0 spiro atoms. The zero-order chi connectivity index (χ0) is 13.6. The first-order chi connectivity index (χ1) is 8.95. The number of alkyl halides is 3. The van der Waals surface area contributed by atoms with Gasteiger partial charge in [-0.2, -0.15) is 13.2 Å². The first-order valence-electron chi connectivity index (χ1n) is 6.33. The normalized spacial score (nSPS) is 28.7. The molecule has 2 atom stereocenters. The second-order valence-corrected chi connectivity index (χ2v) is 6.13. The Bertz CT molecular complexity index is 461. The third-order valence-corrected chi connectivity index (χ3v) is 5.10. The maximum Gasteiger partial charge on any atom is 0.445 e. The van der Waals surface area contributed by atoms with E-state index in [0.717, 1.165) is 25.9 Å². The van der Waals surface area contributed by atoms with Crippen molar-refractivity contribution in [2.45, 2.75) is 37.5 Å². The maximum atomic E-state index is 12.5. The second kappa shape index (κ2) is 4.59. The molecule has 0 aliphatic carbocycles. The number of hydrogen-bond acceptors (Lipinski definition) is 5. The molecule has 0 N–H and O–H groups in total. The number of fused-ring (bicyclic) bond motifs is 2. The number of anilines is 1. The summed E-state index contributed by atoms with van der Waals surface area (Å²) >= 11 is 0.644. The molecule has 0 amide bonds. The lowest BCUT2D eigenvalue weighted by molar-refractivity contribution is -0.138. The van der Waals surface area contributed by atoms with Crippen molar-refractivity contribution >= 4 is 16.5 Å². The van der Waals surface area contributed by atoms with Crippen LogP contribution in [0, 0.1) is 0 Å². The van der Waals surface area contributed by atoms with Crippen LogP contribution in [0.1, 0.15) is 24.3 Å². The van der Waals surface area contributed by atoms with Gasteiger partial charge in [0.05, 0.1) is 0 Å². The summed E-state index contributed by atoms with van der Waals surface area (Å²) < 4.78 is 37.6. The molecule has 2 saturated heterocycles. The van der Waals surface area contributed by atoms with Gasteiger partial charge in [-0.1, -0.05) is 11.3 Å². The van der Waals surface area contributed by atoms with Gasteiger partial charge in [0.25, 0.3) is 0 Å². The number of halogens is 3. The van der Waals surface area contributed by atoms with Gasteiger partial charge in [0, 0.05) is 25.2 Å². The van der Waals surface area contributed by atoms with Crippen molar-refractivity contribution in [2.24, 2.45) is 0 Å². The first kappa shape index (κ1) is 13.1. The quantitative estimate of drug-likeness (QED) is 0.794. The Labute approximate surface area is 113 Å². The SMILES string of the molecule is CN1C2CCC1CN(c1nnc(C(F)(F)F)s1)CC2. The molecule has 106 valence electrons. The Balaban J connectivity index is 1.78. The highest BCUT2D eigenvalue weighted by atomic mass is 32.1. The largest absolute Gasteiger partial charge is 0.445 e. The predicted molar refractivity (Wildman–Crippen MR) is 66.3 cm³/mol. The van der Waals surface area contributed by atoms with Crippen LogP contribution < -0.4 is 4.90 Å². The molecular weight excluding hydrogens is 277 g/mol. The van der Waals surface area contributed by atoms with Crippen molar-refractivity contribution in [3.05, 3.63) is 5.01 Å². The fourth-order valence-electron chi connectivity index (χ4n) is 2.94. The Morgan fingerprint density at radius 3 is 2.58 bits per heavy atom. The van der Waals surface area contributed by atoms with Crippen molar-refractivity contribution in [1.29, 1.82) is 0 Å². The Morgan fingerprint density at radius 2 is 1.89 bits per heavy atom. The molecule has 1 aromatic rings. The highest BCUT2D eigenvalue weighted by Crippen LogP contribution is 2.36. The summed E-state index contributed by atoms with van der Waals surface area (Å²) in [6.07, 6.45) is -1.10. The molecule has 2 unspecified atom stereocenters. The second-order valence-electron chi connectivity index (χ2n) is 5.17. The molecule has 0 saturated carbocycles. The fourth-order valence-corrected chi connectivity index (χ4v) is 3.69. The van der Waals surface area contributed by atoms with E-state index in [1.165, 1.54) is 6.42 Å². The van der Waals surface area contributed by atoms with E-state index in [-0.39, 0.29) is 0 Å². The minimum absolute atomic E-state index is 0.397. The molecule has 2 fully saturated rings. The minimum atomic E-state index is -4.39. The van der Waals surface area contributed by atoms with Gasteiger partial charge in [-0.15, -0.1) is 10.2 Å². The zero-order valence-corrected chi connectivity index (χ0v) is 11.3. The van der Waals surface area contributed by atoms with Gasteiger partial charge in [-0.05, 0) is 26.3 Å². The molecule has 2 aliphatic heterocycles. The van der Waals surface area contributed by atoms with E-state index in [4.69, 9.17) is 0 Å². The monoisotopic (exact) mass is 292 g/mol. The van der Waals surface area contributed by atoms with Crippen molar-refractivity contribution in [3.8, 4) is 0 Å². The summed E-state index contributed by atoms with van der Waals surface area (Å²) in [5, 5.41) is 6.52. The van der Waals surface area contributed by atoms with Crippen LogP contribution in [0.25, 0.3) is 0 Å². The van der Waals surface area contributed by atoms with Crippen LogP contribution in [0.3, 0.4) is 0 Å². The van der Waals surface area contributed by atoms with Gasteiger partial charge < -0.3 is 4.90 Å². The van der Waals surface area contributed by atoms with E-state index in [9.17, 15) is 13.2 Å². The summed E-state index contributed by atoms with van der Waals surface area (Å²) in [7, 11) is 2.10. The standard InChI is InChI=1S/C11H15F3N4S/c1-17-7-2-3-8(17)6-18(5-4-7)10-16-15-9(19-10)11(12,13)14/h7-8H,2-6H2,1H3. The molecule has 2 aliphatic rings. The molecule has 3 rings (SSSR count). The van der Waals surface area contributed by atoms with E-state index >= 15 is 0 Å². The first-order valence-corrected chi connectivity index (χ1v) is 7.14. The molecule has 2 bridgehead atoms. The van der Waals surface area contributed by atoms with E-state index in [0.29, 0.717) is 28.6 Å². The highest BCUT2D eigenvalue weighted by molar-refractivity contribution is 7.15. The van der Waals surface area contributed by atoms with E-state index in [1.807, 2.05) is 4.90 Å². The number of rotatable bonds is 1. The van der Waals surface area contributed by atoms with Crippen LogP contribution >= 0.6 is 11.3 Å². The Kier molecular flexibility index (Phi) is 3.17. The Hall–Kier alpha value is -0.890. The molecule has 4 nitrogen and oxygen atoms in total. The summed E-state index contributed by atoms with van der Waals surface area (Å²) in [5.41, 5.74) is 0. The molecule has 8 heteroatoms. The van der Waals surface area contributed by atoms with Crippen LogP contribution in [0.15, 0.2) is 0 Å². The van der Waals surface area contributed by atoms with Gasteiger partial charge in [0.2, 0.25) is 10.1 Å². The lowest BCUT2D eigenvalue weighted by atomic mass is 10.1. The van der Waals surface area contributed by atoms with E-state index < -0.39 is 11.2 Å². The topological polar surface area (TPSA) is 32.3 Å². The lowest BCUT2D eigenvalue weighted by Crippen LogP contribution is -2.36. The van der Waals surface area contributed by atoms with Gasteiger partial charge >= 0.3 is 6.18 Å². The number of nitrogens with zero attached hydrogens (tertiary/aromatic N) is 4. The average molecular weight is 292 g/mol. The van der Waals surface area contributed by atoms with Crippen molar-refractivity contribution in [2.75, 3.05) is 25.0 Å². The van der Waals surface area contributed by atoms with Crippen molar-refractivity contribution < 1.29 is 13.2 Å². The zero-order valence-electron chi connectivity index (χ0n) is 10.5. The predicted octanol–water partition coefficient (Wildman–Crippen LogP) is 2.23. The summed E-state index contributed by atoms with van der Waals surface area (Å²) in [6, 6.07) is 0.982. The summed E-state index contributed by atoms with van der Waals surface area (Å²) in [6.45, 7) is 1.51. The molecule has 0 aromatic carbocycles. The van der Waals surface area contributed by atoms with Gasteiger partial charge in [0.1, 0.15) is 0 Å². The molecule has 1 aromatic heterocycles. The van der Waals surface area contributed by atoms with Crippen LogP contribution in [-0.2, 0) is 6.18 Å². The van der Waals surface area contributed by atoms with Crippen LogP contribution in [0.2, 0.25) is 0 Å². The molecular formula is C11H15F3N4S. The maximum absolute atomic E-state index is 12.5. The number of hydrogen-bond donors (Lipinski definition) is 0. The van der Waals surface area contributed by atoms with Gasteiger partial charge in [0.15, 0.2) is 0 Å². The average Bonchev–Trinajstić information content (AvgIpc) is 2.85. The van der Waals surface area contributed by atoms with Crippen molar-refractivity contribution in [3.63, 3.8) is 0 Å².